The Kier molecular flexibility index (Phi) is 3.56. The highest BCUT2D eigenvalue weighted by molar-refractivity contribution is 6.53. The molecule has 0 saturated heterocycles. The first kappa shape index (κ1) is 13.3. The van der Waals surface area contributed by atoms with Crippen molar-refractivity contribution in [2.75, 3.05) is 6.54 Å². The van der Waals surface area contributed by atoms with Crippen LogP contribution < -0.4 is 5.32 Å². The van der Waals surface area contributed by atoms with Crippen molar-refractivity contribution in [3.8, 4) is 11.8 Å². The Morgan fingerprint density at radius 1 is 1.39 bits per heavy atom. The summed E-state index contributed by atoms with van der Waals surface area (Å²) in [5.41, 5.74) is 0.248. The van der Waals surface area contributed by atoms with E-state index in [1.54, 1.807) is 6.92 Å². The van der Waals surface area contributed by atoms with E-state index in [0.29, 0.717) is 13.0 Å². The van der Waals surface area contributed by atoms with E-state index >= 15 is 0 Å². The normalized spacial score (nSPS) is 23.7. The Balaban J connectivity index is 1.84. The number of carbonyl (C=O) groups is 1. The number of benzene rings is 1. The summed E-state index contributed by atoms with van der Waals surface area (Å²) in [5, 5.41) is 2.73. The molecule has 0 bridgehead atoms. The molecule has 0 spiro atoms. The molecule has 0 heterocycles. The Hall–Kier alpha value is -1.17. The summed E-state index contributed by atoms with van der Waals surface area (Å²) >= 11 is 11.8. The third kappa shape index (κ3) is 2.63. The minimum Gasteiger partial charge on any atom is -0.345 e. The second-order valence-electron chi connectivity index (χ2n) is 4.56. The van der Waals surface area contributed by atoms with Gasteiger partial charge in [-0.15, -0.1) is 23.2 Å². The van der Waals surface area contributed by atoms with E-state index in [1.165, 1.54) is 0 Å². The summed E-state index contributed by atoms with van der Waals surface area (Å²) in [6.45, 7) is 2.06. The average molecular weight is 282 g/mol. The lowest BCUT2D eigenvalue weighted by Gasteiger charge is -2.10. The maximum absolute atomic E-state index is 11.8. The SMILES string of the molecule is CC1(C(=O)NCC#Cc2ccccc2)CC1(Cl)Cl. The lowest BCUT2D eigenvalue weighted by molar-refractivity contribution is -0.125. The predicted octanol–water partition coefficient (Wildman–Crippen LogP) is 2.74. The average Bonchev–Trinajstić information content (AvgIpc) is 2.87. The zero-order valence-electron chi connectivity index (χ0n) is 9.97. The molecule has 4 heteroatoms. The van der Waals surface area contributed by atoms with Gasteiger partial charge in [0, 0.05) is 5.56 Å². The Labute approximate surface area is 117 Å². The van der Waals surface area contributed by atoms with Crippen molar-refractivity contribution in [3.05, 3.63) is 35.9 Å². The fourth-order valence-electron chi connectivity index (χ4n) is 1.63. The Morgan fingerprint density at radius 2 is 2.00 bits per heavy atom. The Bertz CT molecular complexity index is 516. The molecule has 18 heavy (non-hydrogen) atoms. The van der Waals surface area contributed by atoms with Crippen molar-refractivity contribution in [2.45, 2.75) is 17.7 Å². The van der Waals surface area contributed by atoms with Crippen molar-refractivity contribution in [1.29, 1.82) is 0 Å². The van der Waals surface area contributed by atoms with Gasteiger partial charge in [-0.05, 0) is 25.5 Å². The van der Waals surface area contributed by atoms with Crippen LogP contribution in [0, 0.1) is 17.3 Å². The van der Waals surface area contributed by atoms with Gasteiger partial charge in [0.2, 0.25) is 5.91 Å². The van der Waals surface area contributed by atoms with Crippen molar-refractivity contribution in [3.63, 3.8) is 0 Å². The maximum atomic E-state index is 11.8. The summed E-state index contributed by atoms with van der Waals surface area (Å²) < 4.78 is -0.927. The molecule has 0 aromatic heterocycles. The highest BCUT2D eigenvalue weighted by Gasteiger charge is 2.67. The monoisotopic (exact) mass is 281 g/mol. The molecule has 2 rings (SSSR count). The number of rotatable bonds is 2. The number of alkyl halides is 2. The maximum Gasteiger partial charge on any atom is 0.229 e. The third-order valence-electron chi connectivity index (χ3n) is 3.10. The molecular weight excluding hydrogens is 269 g/mol. The molecule has 1 aliphatic carbocycles. The van der Waals surface area contributed by atoms with Gasteiger partial charge in [-0.1, -0.05) is 30.0 Å². The van der Waals surface area contributed by atoms with Crippen molar-refractivity contribution < 1.29 is 4.79 Å². The fourth-order valence-corrected chi connectivity index (χ4v) is 2.34. The van der Waals surface area contributed by atoms with Crippen LogP contribution in [-0.2, 0) is 4.79 Å². The van der Waals surface area contributed by atoms with Gasteiger partial charge >= 0.3 is 0 Å². The summed E-state index contributed by atoms with van der Waals surface area (Å²) in [6, 6.07) is 9.60. The number of hydrogen-bond acceptors (Lipinski definition) is 1. The van der Waals surface area contributed by atoms with Crippen LogP contribution in [-0.4, -0.2) is 16.8 Å². The zero-order chi connectivity index (χ0) is 13.2. The zero-order valence-corrected chi connectivity index (χ0v) is 11.5. The molecule has 1 aromatic rings. The van der Waals surface area contributed by atoms with Gasteiger partial charge in [0.15, 0.2) is 0 Å². The van der Waals surface area contributed by atoms with Crippen molar-refractivity contribution in [1.82, 2.24) is 5.32 Å². The van der Waals surface area contributed by atoms with Gasteiger partial charge in [-0.3, -0.25) is 4.79 Å². The second-order valence-corrected chi connectivity index (χ2v) is 6.05. The number of amides is 1. The topological polar surface area (TPSA) is 29.1 Å². The molecule has 1 amide bonds. The van der Waals surface area contributed by atoms with E-state index in [-0.39, 0.29) is 5.91 Å². The van der Waals surface area contributed by atoms with Gasteiger partial charge < -0.3 is 5.32 Å². The van der Waals surface area contributed by atoms with Crippen LogP contribution in [0.4, 0.5) is 0 Å². The first-order valence-corrected chi connectivity index (χ1v) is 6.41. The lowest BCUT2D eigenvalue weighted by Crippen LogP contribution is -2.33. The smallest absolute Gasteiger partial charge is 0.229 e. The molecule has 0 aliphatic heterocycles. The van der Waals surface area contributed by atoms with E-state index < -0.39 is 9.75 Å². The molecule has 1 unspecified atom stereocenters. The highest BCUT2D eigenvalue weighted by Crippen LogP contribution is 2.63. The first-order chi connectivity index (χ1) is 8.46. The van der Waals surface area contributed by atoms with Crippen LogP contribution in [0.5, 0.6) is 0 Å². The predicted molar refractivity (Wildman–Crippen MR) is 73.5 cm³/mol. The van der Waals surface area contributed by atoms with Crippen LogP contribution in [0.3, 0.4) is 0 Å². The summed E-state index contributed by atoms with van der Waals surface area (Å²) in [5.74, 6) is 5.71. The van der Waals surface area contributed by atoms with Crippen LogP contribution in [0.15, 0.2) is 30.3 Å². The molecule has 1 N–H and O–H groups in total. The second kappa shape index (κ2) is 4.84. The van der Waals surface area contributed by atoms with Gasteiger partial charge in [0.05, 0.1) is 12.0 Å². The molecule has 1 atom stereocenters. The van der Waals surface area contributed by atoms with Crippen LogP contribution in [0.2, 0.25) is 0 Å². The van der Waals surface area contributed by atoms with Gasteiger partial charge in [-0.25, -0.2) is 0 Å². The summed E-state index contributed by atoms with van der Waals surface area (Å²) in [4.78, 5) is 11.8. The quantitative estimate of drug-likeness (QED) is 0.656. The van der Waals surface area contributed by atoms with Gasteiger partial charge in [0.25, 0.3) is 0 Å². The van der Waals surface area contributed by atoms with Crippen molar-refractivity contribution >= 4 is 29.1 Å². The minimum absolute atomic E-state index is 0.144. The molecule has 1 saturated carbocycles. The lowest BCUT2D eigenvalue weighted by atomic mass is 10.1. The molecule has 94 valence electrons. The highest BCUT2D eigenvalue weighted by atomic mass is 35.5. The molecule has 2 nitrogen and oxygen atoms in total. The molecular formula is C14H13Cl2NO. The minimum atomic E-state index is -0.927. The third-order valence-corrected chi connectivity index (χ3v) is 4.20. The van der Waals surface area contributed by atoms with E-state index in [0.717, 1.165) is 5.56 Å². The number of halogens is 2. The molecule has 1 aromatic carbocycles. The van der Waals surface area contributed by atoms with E-state index in [2.05, 4.69) is 17.2 Å². The molecule has 1 aliphatic rings. The van der Waals surface area contributed by atoms with Crippen LogP contribution in [0.25, 0.3) is 0 Å². The standard InChI is InChI=1S/C14H13Cl2NO/c1-13(10-14(13,15)16)12(18)17-9-5-8-11-6-3-2-4-7-11/h2-4,6-7H,9-10H2,1H3,(H,17,18). The first-order valence-electron chi connectivity index (χ1n) is 5.66. The number of hydrogen-bond donors (Lipinski definition) is 1. The van der Waals surface area contributed by atoms with Crippen molar-refractivity contribution in [2.24, 2.45) is 5.41 Å². The Morgan fingerprint density at radius 3 is 2.56 bits per heavy atom. The fraction of sp³-hybridized carbons (Fsp3) is 0.357. The summed E-state index contributed by atoms with van der Waals surface area (Å²) in [7, 11) is 0. The number of carbonyl (C=O) groups excluding carboxylic acids is 1. The van der Waals surface area contributed by atoms with Gasteiger partial charge in [0.1, 0.15) is 4.33 Å². The van der Waals surface area contributed by atoms with E-state index in [4.69, 9.17) is 23.2 Å². The van der Waals surface area contributed by atoms with E-state index in [9.17, 15) is 4.79 Å². The largest absolute Gasteiger partial charge is 0.345 e. The van der Waals surface area contributed by atoms with Crippen LogP contribution in [0.1, 0.15) is 18.9 Å². The summed E-state index contributed by atoms with van der Waals surface area (Å²) in [6.07, 6.45) is 0.487. The number of nitrogens with one attached hydrogen (secondary N) is 1. The molecule has 0 radical (unpaired) electrons. The molecule has 1 fully saturated rings. The van der Waals surface area contributed by atoms with E-state index in [1.807, 2.05) is 30.3 Å². The van der Waals surface area contributed by atoms with Gasteiger partial charge in [-0.2, -0.15) is 0 Å². The van der Waals surface area contributed by atoms with Crippen LogP contribution >= 0.6 is 23.2 Å².